The van der Waals surface area contributed by atoms with Crippen LogP contribution in [0.3, 0.4) is 0 Å². The Morgan fingerprint density at radius 2 is 2.17 bits per heavy atom. The van der Waals surface area contributed by atoms with Gasteiger partial charge in [-0.25, -0.2) is 0 Å². The molecule has 1 nitrogen and oxygen atoms in total. The second-order valence-electron chi connectivity index (χ2n) is 3.01. The van der Waals surface area contributed by atoms with E-state index in [0.29, 0.717) is 4.05 Å². The van der Waals surface area contributed by atoms with Crippen molar-refractivity contribution in [3.63, 3.8) is 0 Å². The van der Waals surface area contributed by atoms with Crippen molar-refractivity contribution in [3.8, 4) is 0 Å². The number of benzene rings is 1. The van der Waals surface area contributed by atoms with E-state index in [9.17, 15) is 0 Å². The first-order valence-electron chi connectivity index (χ1n) is 4.04. The lowest BCUT2D eigenvalue weighted by Crippen LogP contribution is -2.14. The van der Waals surface area contributed by atoms with Crippen molar-refractivity contribution < 1.29 is 0 Å². The third-order valence-electron chi connectivity index (χ3n) is 2.13. The maximum atomic E-state index is 4.53. The van der Waals surface area contributed by atoms with Gasteiger partial charge in [-0.2, -0.15) is 0 Å². The first-order chi connectivity index (χ1) is 5.77. The minimum Gasteiger partial charge on any atom is -0.275 e. The van der Waals surface area contributed by atoms with Gasteiger partial charge in [0.2, 0.25) is 0 Å². The van der Waals surface area contributed by atoms with Gasteiger partial charge < -0.3 is 0 Å². The molecule has 2 rings (SSSR count). The Kier molecular flexibility index (Phi) is 2.17. The largest absolute Gasteiger partial charge is 0.275 e. The van der Waals surface area contributed by atoms with E-state index in [1.165, 1.54) is 16.8 Å². The Bertz CT molecular complexity index is 330. The molecule has 2 heteroatoms. The van der Waals surface area contributed by atoms with Gasteiger partial charge in [0.1, 0.15) is 4.05 Å². The molecule has 1 unspecified atom stereocenters. The molecule has 1 aliphatic heterocycles. The maximum absolute atomic E-state index is 4.53. The fourth-order valence-corrected chi connectivity index (χ4v) is 2.45. The molecule has 1 atom stereocenters. The highest BCUT2D eigenvalue weighted by Gasteiger charge is 2.14. The van der Waals surface area contributed by atoms with Crippen molar-refractivity contribution in [2.45, 2.75) is 17.4 Å². The minimum absolute atomic E-state index is 0.428. The number of halogens is 1. The van der Waals surface area contributed by atoms with Crippen molar-refractivity contribution in [2.75, 3.05) is 0 Å². The van der Waals surface area contributed by atoms with Crippen molar-refractivity contribution in [1.82, 2.24) is 0 Å². The average Bonchev–Trinajstić information content (AvgIpc) is 2.04. The first kappa shape index (κ1) is 8.23. The summed E-state index contributed by atoms with van der Waals surface area (Å²) in [6.45, 7) is 2.09. The van der Waals surface area contributed by atoms with Gasteiger partial charge in [0.25, 0.3) is 0 Å². The van der Waals surface area contributed by atoms with Gasteiger partial charge in [0, 0.05) is 12.1 Å². The topological polar surface area (TPSA) is 12.4 Å². The van der Waals surface area contributed by atoms with Crippen LogP contribution in [0, 0.1) is 0 Å². The molecule has 0 aliphatic carbocycles. The molecule has 1 aliphatic rings. The highest BCUT2D eigenvalue weighted by molar-refractivity contribution is 14.1. The van der Waals surface area contributed by atoms with Crippen LogP contribution in [-0.2, 0) is 6.42 Å². The number of aliphatic imine (C=N–C) groups is 1. The van der Waals surface area contributed by atoms with Gasteiger partial charge in [-0.3, -0.25) is 4.99 Å². The smallest absolute Gasteiger partial charge is 0.105 e. The second-order valence-corrected chi connectivity index (χ2v) is 4.45. The normalized spacial score (nSPS) is 21.5. The summed E-state index contributed by atoms with van der Waals surface area (Å²) < 4.78 is 0.428. The van der Waals surface area contributed by atoms with Crippen molar-refractivity contribution in [3.05, 3.63) is 35.4 Å². The van der Waals surface area contributed by atoms with Gasteiger partial charge in [-0.05, 0) is 18.1 Å². The van der Waals surface area contributed by atoms with Crippen LogP contribution < -0.4 is 0 Å². The van der Waals surface area contributed by atoms with Crippen LogP contribution in [0.15, 0.2) is 29.3 Å². The van der Waals surface area contributed by atoms with Crippen LogP contribution in [0.25, 0.3) is 0 Å². The quantitative estimate of drug-likeness (QED) is 0.391. The number of fused-ring (bicyclic) bond motifs is 1. The van der Waals surface area contributed by atoms with Crippen LogP contribution in [0.2, 0.25) is 0 Å². The molecule has 0 saturated carbocycles. The van der Waals surface area contributed by atoms with E-state index in [0.717, 1.165) is 6.42 Å². The molecule has 0 spiro atoms. The Hall–Kier alpha value is -0.380. The molecule has 0 saturated heterocycles. The lowest BCUT2D eigenvalue weighted by molar-refractivity contribution is 0.911. The summed E-state index contributed by atoms with van der Waals surface area (Å²) in [4.78, 5) is 4.53. The van der Waals surface area contributed by atoms with E-state index in [1.807, 2.05) is 0 Å². The van der Waals surface area contributed by atoms with Crippen molar-refractivity contribution in [2.24, 2.45) is 4.99 Å². The first-order valence-corrected chi connectivity index (χ1v) is 5.28. The molecule has 0 fully saturated rings. The van der Waals surface area contributed by atoms with Crippen molar-refractivity contribution in [1.29, 1.82) is 0 Å². The molecular weight excluding hydrogens is 261 g/mol. The van der Waals surface area contributed by atoms with Gasteiger partial charge in [0.15, 0.2) is 0 Å². The number of hydrogen-bond donors (Lipinski definition) is 0. The molecule has 0 bridgehead atoms. The molecule has 0 radical (unpaired) electrons. The van der Waals surface area contributed by atoms with Crippen molar-refractivity contribution >= 4 is 28.3 Å². The summed E-state index contributed by atoms with van der Waals surface area (Å²) in [5.74, 6) is 0. The molecule has 1 aromatic rings. The molecular formula is C10H10IN. The number of alkyl halides is 1. The lowest BCUT2D eigenvalue weighted by atomic mass is 9.99. The highest BCUT2D eigenvalue weighted by atomic mass is 127. The summed E-state index contributed by atoms with van der Waals surface area (Å²) in [7, 11) is 0. The highest BCUT2D eigenvalue weighted by Crippen LogP contribution is 2.22. The van der Waals surface area contributed by atoms with Crippen LogP contribution in [0.1, 0.15) is 18.1 Å². The number of nitrogens with zero attached hydrogens (tertiary/aromatic N) is 1. The van der Waals surface area contributed by atoms with E-state index in [1.54, 1.807) is 0 Å². The third kappa shape index (κ3) is 1.40. The number of hydrogen-bond acceptors (Lipinski definition) is 1. The SMILES string of the molecule is CC1=NC(I)Cc2ccccc21. The summed E-state index contributed by atoms with van der Waals surface area (Å²) >= 11 is 2.38. The fourth-order valence-electron chi connectivity index (χ4n) is 1.56. The third-order valence-corrected chi connectivity index (χ3v) is 2.85. The lowest BCUT2D eigenvalue weighted by Gasteiger charge is -2.17. The molecule has 12 heavy (non-hydrogen) atoms. The zero-order chi connectivity index (χ0) is 8.55. The molecule has 0 N–H and O–H groups in total. The Morgan fingerprint density at radius 1 is 1.42 bits per heavy atom. The van der Waals surface area contributed by atoms with E-state index in [4.69, 9.17) is 0 Å². The monoisotopic (exact) mass is 271 g/mol. The fraction of sp³-hybridized carbons (Fsp3) is 0.300. The van der Waals surface area contributed by atoms with E-state index < -0.39 is 0 Å². The van der Waals surface area contributed by atoms with E-state index >= 15 is 0 Å². The van der Waals surface area contributed by atoms with E-state index in [2.05, 4.69) is 58.8 Å². The van der Waals surface area contributed by atoms with Gasteiger partial charge in [-0.1, -0.05) is 46.9 Å². The summed E-state index contributed by atoms with van der Waals surface area (Å²) in [5, 5.41) is 0. The molecule has 0 aromatic heterocycles. The average molecular weight is 271 g/mol. The minimum atomic E-state index is 0.428. The summed E-state index contributed by atoms with van der Waals surface area (Å²) in [6, 6.07) is 8.52. The van der Waals surface area contributed by atoms with Crippen LogP contribution in [0.5, 0.6) is 0 Å². The summed E-state index contributed by atoms with van der Waals surface area (Å²) in [5.41, 5.74) is 3.94. The Morgan fingerprint density at radius 3 is 3.00 bits per heavy atom. The second kappa shape index (κ2) is 3.17. The van der Waals surface area contributed by atoms with Gasteiger partial charge in [0.05, 0.1) is 0 Å². The Labute approximate surface area is 86.0 Å². The Balaban J connectivity index is 2.53. The molecule has 62 valence electrons. The van der Waals surface area contributed by atoms with E-state index in [-0.39, 0.29) is 0 Å². The molecule has 1 heterocycles. The maximum Gasteiger partial charge on any atom is 0.105 e. The van der Waals surface area contributed by atoms with Crippen LogP contribution >= 0.6 is 22.6 Å². The predicted molar refractivity (Wildman–Crippen MR) is 60.2 cm³/mol. The molecule has 0 amide bonds. The van der Waals surface area contributed by atoms with Crippen LogP contribution in [-0.4, -0.2) is 9.76 Å². The molecule has 1 aromatic carbocycles. The van der Waals surface area contributed by atoms with Gasteiger partial charge in [-0.15, -0.1) is 0 Å². The summed E-state index contributed by atoms with van der Waals surface area (Å²) in [6.07, 6.45) is 1.08. The number of rotatable bonds is 0. The predicted octanol–water partition coefficient (Wildman–Crippen LogP) is 2.81. The zero-order valence-corrected chi connectivity index (χ0v) is 9.08. The van der Waals surface area contributed by atoms with Gasteiger partial charge >= 0.3 is 0 Å². The van der Waals surface area contributed by atoms with Crippen LogP contribution in [0.4, 0.5) is 0 Å². The zero-order valence-electron chi connectivity index (χ0n) is 6.92. The standard InChI is InChI=1S/C10H10IN/c1-7-9-5-3-2-4-8(9)6-10(11)12-7/h2-5,10H,6H2,1H3.